The van der Waals surface area contributed by atoms with Crippen LogP contribution in [0.1, 0.15) is 29.8 Å². The van der Waals surface area contributed by atoms with Gasteiger partial charge in [-0.3, -0.25) is 10.1 Å². The molecule has 0 saturated carbocycles. The lowest BCUT2D eigenvalue weighted by atomic mass is 10.1. The summed E-state index contributed by atoms with van der Waals surface area (Å²) < 4.78 is 0. The second-order valence-electron chi connectivity index (χ2n) is 4.67. The highest BCUT2D eigenvalue weighted by molar-refractivity contribution is 5.63. The van der Waals surface area contributed by atoms with Gasteiger partial charge >= 0.3 is 0 Å². The van der Waals surface area contributed by atoms with Crippen LogP contribution in [-0.4, -0.2) is 20.0 Å². The van der Waals surface area contributed by atoms with Crippen LogP contribution in [0.3, 0.4) is 0 Å². The van der Waals surface area contributed by atoms with Crippen molar-refractivity contribution < 1.29 is 10.0 Å². The zero-order valence-electron chi connectivity index (χ0n) is 11.5. The topological polar surface area (TPSA) is 89.2 Å². The summed E-state index contributed by atoms with van der Waals surface area (Å²) in [5, 5.41) is 20.4. The van der Waals surface area contributed by atoms with Crippen molar-refractivity contribution in [2.45, 2.75) is 26.9 Å². The van der Waals surface area contributed by atoms with Crippen molar-refractivity contribution in [3.63, 3.8) is 0 Å². The van der Waals surface area contributed by atoms with E-state index in [1.165, 1.54) is 12.1 Å². The quantitative estimate of drug-likeness (QED) is 0.686. The van der Waals surface area contributed by atoms with Crippen LogP contribution in [0, 0.1) is 24.0 Å². The Morgan fingerprint density at radius 3 is 2.60 bits per heavy atom. The van der Waals surface area contributed by atoms with E-state index >= 15 is 0 Å². The van der Waals surface area contributed by atoms with Crippen LogP contribution in [0.4, 0.5) is 5.69 Å². The number of hydrogen-bond acceptors (Lipinski definition) is 5. The van der Waals surface area contributed by atoms with Crippen molar-refractivity contribution in [3.05, 3.63) is 51.3 Å². The molecule has 0 aliphatic rings. The molecule has 0 amide bonds. The molecule has 0 aliphatic carbocycles. The van der Waals surface area contributed by atoms with Crippen molar-refractivity contribution in [1.29, 1.82) is 0 Å². The lowest BCUT2D eigenvalue weighted by Crippen LogP contribution is -2.02. The summed E-state index contributed by atoms with van der Waals surface area (Å²) in [6, 6.07) is 4.59. The van der Waals surface area contributed by atoms with E-state index in [0.29, 0.717) is 22.6 Å². The Hall–Kier alpha value is -2.34. The highest BCUT2D eigenvalue weighted by atomic mass is 16.6. The molecule has 1 aromatic heterocycles. The average molecular weight is 273 g/mol. The van der Waals surface area contributed by atoms with E-state index in [0.717, 1.165) is 5.56 Å². The second-order valence-corrected chi connectivity index (χ2v) is 4.67. The SMILES string of the molecule is Cc1ccc([N+](=O)[O-])cc1-c1ncc([C@@H](C)O)c(C)n1. The maximum atomic E-state index is 10.8. The third kappa shape index (κ3) is 2.65. The van der Waals surface area contributed by atoms with Crippen LogP contribution in [0.5, 0.6) is 0 Å². The number of aryl methyl sites for hydroxylation is 2. The first kappa shape index (κ1) is 14.1. The molecule has 104 valence electrons. The van der Waals surface area contributed by atoms with E-state index in [2.05, 4.69) is 9.97 Å². The van der Waals surface area contributed by atoms with Crippen LogP contribution in [0.2, 0.25) is 0 Å². The first-order valence-electron chi connectivity index (χ1n) is 6.17. The van der Waals surface area contributed by atoms with Crippen LogP contribution in [-0.2, 0) is 0 Å². The Bertz CT molecular complexity index is 669. The van der Waals surface area contributed by atoms with Crippen LogP contribution >= 0.6 is 0 Å². The molecule has 0 spiro atoms. The predicted molar refractivity (Wildman–Crippen MR) is 74.2 cm³/mol. The summed E-state index contributed by atoms with van der Waals surface area (Å²) in [6.07, 6.45) is 0.913. The first-order chi connectivity index (χ1) is 9.40. The van der Waals surface area contributed by atoms with E-state index in [4.69, 9.17) is 0 Å². The average Bonchev–Trinajstić information content (AvgIpc) is 2.38. The molecular formula is C14H15N3O3. The Morgan fingerprint density at radius 2 is 2.05 bits per heavy atom. The summed E-state index contributed by atoms with van der Waals surface area (Å²) in [6.45, 7) is 5.27. The number of benzene rings is 1. The summed E-state index contributed by atoms with van der Waals surface area (Å²) >= 11 is 0. The first-order valence-corrected chi connectivity index (χ1v) is 6.17. The molecule has 0 radical (unpaired) electrons. The highest BCUT2D eigenvalue weighted by Crippen LogP contribution is 2.26. The summed E-state index contributed by atoms with van der Waals surface area (Å²) in [4.78, 5) is 18.9. The van der Waals surface area contributed by atoms with E-state index in [9.17, 15) is 15.2 Å². The van der Waals surface area contributed by atoms with Gasteiger partial charge in [-0.05, 0) is 26.3 Å². The molecule has 0 aliphatic heterocycles. The number of aliphatic hydroxyl groups is 1. The van der Waals surface area contributed by atoms with Gasteiger partial charge in [0.05, 0.1) is 11.0 Å². The smallest absolute Gasteiger partial charge is 0.270 e. The van der Waals surface area contributed by atoms with E-state index in [1.807, 2.05) is 6.92 Å². The van der Waals surface area contributed by atoms with Gasteiger partial charge in [0.25, 0.3) is 5.69 Å². The Morgan fingerprint density at radius 1 is 1.35 bits per heavy atom. The Balaban J connectivity index is 2.54. The van der Waals surface area contributed by atoms with Crippen molar-refractivity contribution >= 4 is 5.69 Å². The van der Waals surface area contributed by atoms with Gasteiger partial charge in [0.2, 0.25) is 0 Å². The van der Waals surface area contributed by atoms with Gasteiger partial charge in [-0.15, -0.1) is 0 Å². The third-order valence-electron chi connectivity index (χ3n) is 3.14. The number of aliphatic hydroxyl groups excluding tert-OH is 1. The normalized spacial score (nSPS) is 12.2. The largest absolute Gasteiger partial charge is 0.389 e. The number of nitrogens with zero attached hydrogens (tertiary/aromatic N) is 3. The Kier molecular flexibility index (Phi) is 3.76. The van der Waals surface area contributed by atoms with E-state index in [-0.39, 0.29) is 5.69 Å². The lowest BCUT2D eigenvalue weighted by molar-refractivity contribution is -0.384. The number of rotatable bonds is 3. The molecule has 1 atom stereocenters. The summed E-state index contributed by atoms with van der Waals surface area (Å²) in [5.74, 6) is 0.424. The molecule has 0 unspecified atom stereocenters. The molecule has 1 aromatic carbocycles. The number of hydrogen-bond donors (Lipinski definition) is 1. The van der Waals surface area contributed by atoms with Gasteiger partial charge in [-0.25, -0.2) is 9.97 Å². The monoisotopic (exact) mass is 273 g/mol. The van der Waals surface area contributed by atoms with Crippen LogP contribution in [0.15, 0.2) is 24.4 Å². The number of nitro benzene ring substituents is 1. The molecular weight excluding hydrogens is 258 g/mol. The molecule has 2 aromatic rings. The van der Waals surface area contributed by atoms with Gasteiger partial charge < -0.3 is 5.11 Å². The minimum Gasteiger partial charge on any atom is -0.389 e. The molecule has 6 nitrogen and oxygen atoms in total. The molecule has 2 rings (SSSR count). The highest BCUT2D eigenvalue weighted by Gasteiger charge is 2.14. The van der Waals surface area contributed by atoms with Gasteiger partial charge in [-0.1, -0.05) is 6.07 Å². The molecule has 0 saturated heterocycles. The van der Waals surface area contributed by atoms with Crippen molar-refractivity contribution in [1.82, 2.24) is 9.97 Å². The summed E-state index contributed by atoms with van der Waals surface area (Å²) in [5.41, 5.74) is 2.80. The minimum absolute atomic E-state index is 0.00598. The maximum absolute atomic E-state index is 10.8. The zero-order chi connectivity index (χ0) is 14.9. The van der Waals surface area contributed by atoms with Gasteiger partial charge in [-0.2, -0.15) is 0 Å². The van der Waals surface area contributed by atoms with Crippen molar-refractivity contribution in [2.75, 3.05) is 0 Å². The van der Waals surface area contributed by atoms with Gasteiger partial charge in [0.1, 0.15) is 0 Å². The summed E-state index contributed by atoms with van der Waals surface area (Å²) in [7, 11) is 0. The van der Waals surface area contributed by atoms with Crippen LogP contribution in [0.25, 0.3) is 11.4 Å². The van der Waals surface area contributed by atoms with Gasteiger partial charge in [0.15, 0.2) is 5.82 Å². The molecule has 0 bridgehead atoms. The minimum atomic E-state index is -0.643. The fraction of sp³-hybridized carbons (Fsp3) is 0.286. The van der Waals surface area contributed by atoms with Crippen molar-refractivity contribution in [3.8, 4) is 11.4 Å². The standard InChI is InChI=1S/C14H15N3O3/c1-8-4-5-11(17(19)20)6-12(8)14-15-7-13(10(3)18)9(2)16-14/h4-7,10,18H,1-3H3/t10-/m1/s1. The fourth-order valence-corrected chi connectivity index (χ4v) is 1.98. The predicted octanol–water partition coefficient (Wildman–Crippen LogP) is 2.72. The second kappa shape index (κ2) is 5.34. The molecule has 1 N–H and O–H groups in total. The molecule has 0 fully saturated rings. The number of nitro groups is 1. The number of non-ortho nitro benzene ring substituents is 1. The van der Waals surface area contributed by atoms with Gasteiger partial charge in [0, 0.05) is 35.2 Å². The van der Waals surface area contributed by atoms with Crippen LogP contribution < -0.4 is 0 Å². The number of aromatic nitrogens is 2. The maximum Gasteiger partial charge on any atom is 0.270 e. The van der Waals surface area contributed by atoms with Crippen molar-refractivity contribution in [2.24, 2.45) is 0 Å². The molecule has 20 heavy (non-hydrogen) atoms. The van der Waals surface area contributed by atoms with E-state index in [1.54, 1.807) is 26.1 Å². The lowest BCUT2D eigenvalue weighted by Gasteiger charge is -2.10. The zero-order valence-corrected chi connectivity index (χ0v) is 11.5. The Labute approximate surface area is 116 Å². The van der Waals surface area contributed by atoms with E-state index < -0.39 is 11.0 Å². The fourth-order valence-electron chi connectivity index (χ4n) is 1.98. The molecule has 6 heteroatoms. The molecule has 1 heterocycles. The third-order valence-corrected chi connectivity index (χ3v) is 3.14.